The first-order chi connectivity index (χ1) is 17.1. The summed E-state index contributed by atoms with van der Waals surface area (Å²) in [6.45, 7) is 4.80. The zero-order valence-corrected chi connectivity index (χ0v) is 21.0. The number of carbonyl (C=O) groups is 1. The maximum absolute atomic E-state index is 13.2. The lowest BCUT2D eigenvalue weighted by Gasteiger charge is -2.52. The van der Waals surface area contributed by atoms with E-state index in [0.717, 1.165) is 44.1 Å². The molecule has 2 aromatic rings. The first kappa shape index (κ1) is 25.6. The van der Waals surface area contributed by atoms with Crippen molar-refractivity contribution in [3.8, 4) is 0 Å². The van der Waals surface area contributed by atoms with Gasteiger partial charge in [-0.15, -0.1) is 0 Å². The third-order valence-electron chi connectivity index (χ3n) is 7.77. The molecule has 2 aliphatic rings. The quantitative estimate of drug-likeness (QED) is 0.426. The van der Waals surface area contributed by atoms with Crippen LogP contribution in [0.2, 0.25) is 0 Å². The van der Waals surface area contributed by atoms with Gasteiger partial charge in [-0.1, -0.05) is 79.6 Å². The lowest BCUT2D eigenvalue weighted by atomic mass is 9.72. The number of ether oxygens (including phenoxy) is 2. The molecule has 2 fully saturated rings. The summed E-state index contributed by atoms with van der Waals surface area (Å²) in [5.41, 5.74) is 1.87. The van der Waals surface area contributed by atoms with Crippen LogP contribution in [-0.2, 0) is 27.3 Å². The molecule has 1 unspecified atom stereocenters. The van der Waals surface area contributed by atoms with Crippen LogP contribution < -0.4 is 0 Å². The van der Waals surface area contributed by atoms with Crippen molar-refractivity contribution in [2.75, 3.05) is 26.3 Å². The van der Waals surface area contributed by atoms with Crippen molar-refractivity contribution in [1.29, 1.82) is 0 Å². The third-order valence-corrected chi connectivity index (χ3v) is 7.77. The minimum Gasteiger partial charge on any atom is -0.480 e. The Morgan fingerprint density at radius 1 is 1.03 bits per heavy atom. The number of allylic oxidation sites excluding steroid dienone is 2. The van der Waals surface area contributed by atoms with Crippen molar-refractivity contribution in [3.63, 3.8) is 0 Å². The van der Waals surface area contributed by atoms with Gasteiger partial charge in [-0.2, -0.15) is 0 Å². The van der Waals surface area contributed by atoms with Gasteiger partial charge in [0.15, 0.2) is 0 Å². The monoisotopic (exact) mass is 477 g/mol. The van der Waals surface area contributed by atoms with E-state index in [0.29, 0.717) is 39.3 Å². The van der Waals surface area contributed by atoms with Gasteiger partial charge >= 0.3 is 5.97 Å². The van der Waals surface area contributed by atoms with Gasteiger partial charge in [0.05, 0.1) is 25.4 Å². The van der Waals surface area contributed by atoms with Crippen molar-refractivity contribution < 1.29 is 19.4 Å². The summed E-state index contributed by atoms with van der Waals surface area (Å²) in [5.74, 6) is -0.760. The molecule has 1 saturated carbocycles. The van der Waals surface area contributed by atoms with Crippen molar-refractivity contribution in [3.05, 3.63) is 83.4 Å². The van der Waals surface area contributed by atoms with Gasteiger partial charge in [-0.3, -0.25) is 9.69 Å². The van der Waals surface area contributed by atoms with Crippen LogP contribution in [0.4, 0.5) is 0 Å². The summed E-state index contributed by atoms with van der Waals surface area (Å²) >= 11 is 0. The fourth-order valence-corrected chi connectivity index (χ4v) is 5.94. The molecular weight excluding hydrogens is 438 g/mol. The Bertz CT molecular complexity index is 960. The molecule has 35 heavy (non-hydrogen) atoms. The number of aliphatic carboxylic acids is 1. The number of carboxylic acid groups (broad SMARTS) is 1. The summed E-state index contributed by atoms with van der Waals surface area (Å²) in [7, 11) is 0. The highest BCUT2D eigenvalue weighted by Crippen LogP contribution is 2.48. The molecule has 1 heterocycles. The Balaban J connectivity index is 1.55. The number of benzene rings is 2. The molecule has 0 radical (unpaired) electrons. The molecule has 1 aliphatic heterocycles. The standard InChI is InChI=1S/C30H39NO4/c1-2-3-7-18-30(28(32)33,31-19-21-34-22-20-31)29(16-8-9-17-29)35-24-27-14-12-26(13-15-27)23-25-10-5-4-6-11-25/h2-6,10-15H,7-9,16-24H2,1H3,(H,32,33)/b3-2+. The topological polar surface area (TPSA) is 59.0 Å². The van der Waals surface area contributed by atoms with Gasteiger partial charge in [0.1, 0.15) is 5.54 Å². The second-order valence-corrected chi connectivity index (χ2v) is 9.84. The molecule has 1 saturated heterocycles. The summed E-state index contributed by atoms with van der Waals surface area (Å²) in [6, 6.07) is 19.0. The highest BCUT2D eigenvalue weighted by atomic mass is 16.5. The van der Waals surface area contributed by atoms with E-state index in [1.54, 1.807) is 0 Å². The van der Waals surface area contributed by atoms with E-state index in [1.165, 1.54) is 11.1 Å². The molecule has 1 N–H and O–H groups in total. The van der Waals surface area contributed by atoms with Gasteiger partial charge in [-0.05, 0) is 55.7 Å². The van der Waals surface area contributed by atoms with Crippen LogP contribution in [0, 0.1) is 0 Å². The van der Waals surface area contributed by atoms with Crippen LogP contribution >= 0.6 is 0 Å². The second kappa shape index (κ2) is 12.0. The Kier molecular flexibility index (Phi) is 8.77. The van der Waals surface area contributed by atoms with E-state index < -0.39 is 17.1 Å². The van der Waals surface area contributed by atoms with E-state index in [4.69, 9.17) is 9.47 Å². The van der Waals surface area contributed by atoms with E-state index in [2.05, 4.69) is 59.5 Å². The van der Waals surface area contributed by atoms with E-state index in [1.807, 2.05) is 19.1 Å². The number of hydrogen-bond acceptors (Lipinski definition) is 4. The molecule has 5 heteroatoms. The number of morpholine rings is 1. The summed E-state index contributed by atoms with van der Waals surface area (Å²) in [6.07, 6.45) is 9.80. The SMILES string of the molecule is C/C=C/CCC(C(=O)O)(N1CCOCC1)C1(OCc2ccc(Cc3ccccc3)cc2)CCCC1. The zero-order chi connectivity index (χ0) is 24.6. The summed E-state index contributed by atoms with van der Waals surface area (Å²) in [4.78, 5) is 15.3. The van der Waals surface area contributed by atoms with Crippen molar-refractivity contribution in [2.45, 2.75) is 69.6 Å². The Labute approximate surface area is 209 Å². The number of carboxylic acids is 1. The molecule has 188 valence electrons. The molecule has 0 spiro atoms. The van der Waals surface area contributed by atoms with Gasteiger partial charge < -0.3 is 14.6 Å². The van der Waals surface area contributed by atoms with Crippen LogP contribution in [0.3, 0.4) is 0 Å². The van der Waals surface area contributed by atoms with E-state index in [-0.39, 0.29) is 0 Å². The minimum atomic E-state index is -1.06. The Hall–Kier alpha value is -2.47. The smallest absolute Gasteiger partial charge is 0.327 e. The average molecular weight is 478 g/mol. The second-order valence-electron chi connectivity index (χ2n) is 9.84. The fourth-order valence-electron chi connectivity index (χ4n) is 5.94. The predicted molar refractivity (Wildman–Crippen MR) is 138 cm³/mol. The molecule has 1 aliphatic carbocycles. The Morgan fingerprint density at radius 2 is 1.66 bits per heavy atom. The largest absolute Gasteiger partial charge is 0.480 e. The summed E-state index contributed by atoms with van der Waals surface area (Å²) in [5, 5.41) is 10.8. The molecule has 1 atom stereocenters. The van der Waals surface area contributed by atoms with Gasteiger partial charge in [0.25, 0.3) is 0 Å². The minimum absolute atomic E-state index is 0.425. The highest BCUT2D eigenvalue weighted by molar-refractivity contribution is 5.81. The molecule has 0 bridgehead atoms. The molecular formula is C30H39NO4. The number of hydrogen-bond donors (Lipinski definition) is 1. The van der Waals surface area contributed by atoms with Crippen LogP contribution in [-0.4, -0.2) is 53.4 Å². The molecule has 4 rings (SSSR count). The third kappa shape index (κ3) is 5.69. The molecule has 5 nitrogen and oxygen atoms in total. The molecule has 0 aromatic heterocycles. The van der Waals surface area contributed by atoms with Gasteiger partial charge in [-0.25, -0.2) is 0 Å². The van der Waals surface area contributed by atoms with Crippen molar-refractivity contribution >= 4 is 5.97 Å². The van der Waals surface area contributed by atoms with Crippen molar-refractivity contribution in [1.82, 2.24) is 4.90 Å². The first-order valence-electron chi connectivity index (χ1n) is 13.0. The van der Waals surface area contributed by atoms with Crippen LogP contribution in [0.25, 0.3) is 0 Å². The van der Waals surface area contributed by atoms with Crippen molar-refractivity contribution in [2.24, 2.45) is 0 Å². The molecule has 2 aromatic carbocycles. The maximum Gasteiger partial charge on any atom is 0.327 e. The van der Waals surface area contributed by atoms with Gasteiger partial charge in [0.2, 0.25) is 0 Å². The number of rotatable bonds is 11. The fraction of sp³-hybridized carbons (Fsp3) is 0.500. The van der Waals surface area contributed by atoms with Crippen LogP contribution in [0.5, 0.6) is 0 Å². The maximum atomic E-state index is 13.2. The summed E-state index contributed by atoms with van der Waals surface area (Å²) < 4.78 is 12.3. The van der Waals surface area contributed by atoms with E-state index in [9.17, 15) is 9.90 Å². The first-order valence-corrected chi connectivity index (χ1v) is 13.0. The predicted octanol–water partition coefficient (Wildman–Crippen LogP) is 5.62. The van der Waals surface area contributed by atoms with Gasteiger partial charge in [0, 0.05) is 13.1 Å². The normalized spacial score (nSPS) is 20.1. The van der Waals surface area contributed by atoms with Crippen LogP contribution in [0.1, 0.15) is 62.1 Å². The van der Waals surface area contributed by atoms with Crippen LogP contribution in [0.15, 0.2) is 66.7 Å². The zero-order valence-electron chi connectivity index (χ0n) is 21.0. The highest BCUT2D eigenvalue weighted by Gasteiger charge is 2.61. The lowest BCUT2D eigenvalue weighted by Crippen LogP contribution is -2.70. The average Bonchev–Trinajstić information content (AvgIpc) is 3.37. The number of nitrogens with zero attached hydrogens (tertiary/aromatic N) is 1. The van der Waals surface area contributed by atoms with E-state index >= 15 is 0 Å². The Morgan fingerprint density at radius 3 is 2.29 bits per heavy atom. The molecule has 0 amide bonds. The lowest BCUT2D eigenvalue weighted by molar-refractivity contribution is -0.199.